The van der Waals surface area contributed by atoms with E-state index in [1.165, 1.54) is 0 Å². The monoisotopic (exact) mass is 373 g/mol. The number of benzene rings is 3. The molecule has 0 bridgehead atoms. The second kappa shape index (κ2) is 8.44. The van der Waals surface area contributed by atoms with Crippen molar-refractivity contribution >= 4 is 6.15 Å². The van der Waals surface area contributed by atoms with E-state index in [1.807, 2.05) is 42.5 Å². The summed E-state index contributed by atoms with van der Waals surface area (Å²) in [5.74, 6) is 1.12. The Morgan fingerprint density at radius 1 is 0.714 bits per heavy atom. The first-order valence-electron chi connectivity index (χ1n) is 8.24. The lowest BCUT2D eigenvalue weighted by Gasteiger charge is -2.06. The van der Waals surface area contributed by atoms with Crippen LogP contribution in [0.15, 0.2) is 78.9 Å². The molecule has 2 N–H and O–H groups in total. The summed E-state index contributed by atoms with van der Waals surface area (Å²) in [7, 11) is 0. The molecule has 1 heterocycles. The van der Waals surface area contributed by atoms with Crippen LogP contribution in [0.3, 0.4) is 0 Å². The third kappa shape index (κ3) is 3.80. The van der Waals surface area contributed by atoms with Gasteiger partial charge in [-0.3, -0.25) is 0 Å². The van der Waals surface area contributed by atoms with Crippen molar-refractivity contribution in [2.75, 3.05) is 0 Å². The fourth-order valence-electron chi connectivity index (χ4n) is 2.68. The van der Waals surface area contributed by atoms with Gasteiger partial charge in [0.05, 0.1) is 16.8 Å². The zero-order valence-electron chi connectivity index (χ0n) is 14.6. The molecule has 4 rings (SSSR count). The maximum atomic E-state index is 10.2. The smallest absolute Gasteiger partial charge is 0.373 e. The number of carbonyl (C=O) groups excluding carboxylic acids is 2. The van der Waals surface area contributed by atoms with E-state index in [1.54, 1.807) is 41.1 Å². The molecule has 0 fully saturated rings. The van der Waals surface area contributed by atoms with E-state index in [0.717, 1.165) is 5.69 Å². The average molecular weight is 373 g/mol. The van der Waals surface area contributed by atoms with Crippen LogP contribution in [0, 0.1) is 0 Å². The van der Waals surface area contributed by atoms with Crippen LogP contribution in [0.2, 0.25) is 0 Å². The molecule has 3 aromatic carbocycles. The van der Waals surface area contributed by atoms with Crippen molar-refractivity contribution in [3.8, 4) is 40.0 Å². The molecular formula is C21H15N3O4. The number of aromatic nitrogens is 3. The zero-order chi connectivity index (χ0) is 19.9. The highest BCUT2D eigenvalue weighted by atomic mass is 16.3. The van der Waals surface area contributed by atoms with Crippen LogP contribution in [-0.4, -0.2) is 31.1 Å². The van der Waals surface area contributed by atoms with E-state index in [4.69, 9.17) is 9.59 Å². The molecule has 0 saturated heterocycles. The first kappa shape index (κ1) is 18.6. The van der Waals surface area contributed by atoms with E-state index in [0.29, 0.717) is 22.8 Å². The lowest BCUT2D eigenvalue weighted by molar-refractivity contribution is -0.191. The van der Waals surface area contributed by atoms with Crippen LogP contribution < -0.4 is 0 Å². The van der Waals surface area contributed by atoms with E-state index in [-0.39, 0.29) is 17.7 Å². The van der Waals surface area contributed by atoms with Gasteiger partial charge in [0, 0.05) is 0 Å². The number of para-hydroxylation sites is 3. The molecule has 7 nitrogen and oxygen atoms in total. The first-order valence-corrected chi connectivity index (χ1v) is 8.24. The highest BCUT2D eigenvalue weighted by Crippen LogP contribution is 2.33. The topological polar surface area (TPSA) is 105 Å². The number of rotatable bonds is 3. The van der Waals surface area contributed by atoms with Gasteiger partial charge >= 0.3 is 6.15 Å². The third-order valence-electron chi connectivity index (χ3n) is 3.90. The summed E-state index contributed by atoms with van der Waals surface area (Å²) in [5, 5.41) is 24.9. The predicted octanol–water partition coefficient (Wildman–Crippen LogP) is 3.43. The summed E-state index contributed by atoms with van der Waals surface area (Å²) >= 11 is 0. The minimum atomic E-state index is 0.108. The number of nitrogens with zero attached hydrogens (tertiary/aromatic N) is 3. The number of aromatic hydroxyl groups is 2. The van der Waals surface area contributed by atoms with Gasteiger partial charge in [0.25, 0.3) is 0 Å². The van der Waals surface area contributed by atoms with Crippen molar-refractivity contribution in [3.63, 3.8) is 0 Å². The maximum absolute atomic E-state index is 10.2. The van der Waals surface area contributed by atoms with Crippen LogP contribution in [0.5, 0.6) is 11.5 Å². The minimum Gasteiger partial charge on any atom is -0.507 e. The number of hydrogen-bond acceptors (Lipinski definition) is 6. The molecule has 0 amide bonds. The van der Waals surface area contributed by atoms with Gasteiger partial charge in [0.2, 0.25) is 0 Å². The molecule has 4 aromatic rings. The van der Waals surface area contributed by atoms with E-state index >= 15 is 0 Å². The molecule has 0 unspecified atom stereocenters. The fraction of sp³-hybridized carbons (Fsp3) is 0. The molecule has 0 saturated carbocycles. The zero-order valence-corrected chi connectivity index (χ0v) is 14.6. The van der Waals surface area contributed by atoms with Crippen molar-refractivity contribution < 1.29 is 19.8 Å². The molecule has 28 heavy (non-hydrogen) atoms. The molecule has 7 heteroatoms. The molecule has 0 aliphatic heterocycles. The molecule has 0 atom stereocenters. The molecular weight excluding hydrogens is 358 g/mol. The Kier molecular flexibility index (Phi) is 5.60. The summed E-state index contributed by atoms with van der Waals surface area (Å²) in [6, 6.07) is 23.5. The van der Waals surface area contributed by atoms with Crippen molar-refractivity contribution in [2.45, 2.75) is 0 Å². The van der Waals surface area contributed by atoms with Gasteiger partial charge in [-0.1, -0.05) is 42.5 Å². The van der Waals surface area contributed by atoms with Gasteiger partial charge in [-0.2, -0.15) is 9.59 Å². The minimum absolute atomic E-state index is 0.108. The Hall–Kier alpha value is -4.22. The fourth-order valence-corrected chi connectivity index (χ4v) is 2.68. The van der Waals surface area contributed by atoms with Crippen LogP contribution in [0.25, 0.3) is 28.5 Å². The van der Waals surface area contributed by atoms with Crippen molar-refractivity contribution in [1.82, 2.24) is 14.8 Å². The Labute approximate surface area is 160 Å². The number of phenolic OH excluding ortho intramolecular Hbond substituents is 2. The molecule has 0 aliphatic rings. The first-order chi connectivity index (χ1) is 13.7. The summed E-state index contributed by atoms with van der Waals surface area (Å²) in [4.78, 5) is 20.8. The lowest BCUT2D eigenvalue weighted by atomic mass is 10.1. The third-order valence-corrected chi connectivity index (χ3v) is 3.90. The van der Waals surface area contributed by atoms with Crippen molar-refractivity contribution in [3.05, 3.63) is 78.9 Å². The maximum Gasteiger partial charge on any atom is 0.373 e. The van der Waals surface area contributed by atoms with Crippen LogP contribution >= 0.6 is 0 Å². The van der Waals surface area contributed by atoms with Crippen molar-refractivity contribution in [2.24, 2.45) is 0 Å². The Bertz CT molecular complexity index is 1120. The number of phenols is 2. The second-order valence-electron chi connectivity index (χ2n) is 5.62. The highest BCUT2D eigenvalue weighted by Gasteiger charge is 2.18. The second-order valence-corrected chi connectivity index (χ2v) is 5.62. The summed E-state index contributed by atoms with van der Waals surface area (Å²) < 4.78 is 1.66. The molecule has 138 valence electrons. The standard InChI is InChI=1S/C20H15N3O2.CO2/c24-17-12-6-4-10-15(17)19-21-20(16-11-5-7-13-18(16)25)23(22-19)14-8-2-1-3-9-14;2-1-3/h1-13,24-25H;. The van der Waals surface area contributed by atoms with Crippen LogP contribution in [-0.2, 0) is 9.59 Å². The summed E-state index contributed by atoms with van der Waals surface area (Å²) in [6.45, 7) is 0. The van der Waals surface area contributed by atoms with E-state index in [9.17, 15) is 10.2 Å². The lowest BCUT2D eigenvalue weighted by Crippen LogP contribution is -1.99. The molecule has 0 aliphatic carbocycles. The van der Waals surface area contributed by atoms with E-state index < -0.39 is 0 Å². The summed E-state index contributed by atoms with van der Waals surface area (Å²) in [6.07, 6.45) is 0.250. The average Bonchev–Trinajstić information content (AvgIpc) is 3.15. The molecule has 1 aromatic heterocycles. The summed E-state index contributed by atoms with van der Waals surface area (Å²) in [5.41, 5.74) is 1.92. The number of hydrogen-bond donors (Lipinski definition) is 2. The predicted molar refractivity (Wildman–Crippen MR) is 101 cm³/mol. The van der Waals surface area contributed by atoms with Gasteiger partial charge in [0.15, 0.2) is 11.6 Å². The normalized spacial score (nSPS) is 9.86. The van der Waals surface area contributed by atoms with Crippen molar-refractivity contribution in [1.29, 1.82) is 0 Å². The van der Waals surface area contributed by atoms with Crippen LogP contribution in [0.1, 0.15) is 0 Å². The van der Waals surface area contributed by atoms with Gasteiger partial charge in [0.1, 0.15) is 11.5 Å². The largest absolute Gasteiger partial charge is 0.507 e. The van der Waals surface area contributed by atoms with Gasteiger partial charge < -0.3 is 10.2 Å². The van der Waals surface area contributed by atoms with Gasteiger partial charge in [-0.25, -0.2) is 9.67 Å². The Balaban J connectivity index is 0.000000706. The molecule has 0 radical (unpaired) electrons. The Morgan fingerprint density at radius 3 is 1.79 bits per heavy atom. The highest BCUT2D eigenvalue weighted by molar-refractivity contribution is 5.70. The van der Waals surface area contributed by atoms with Gasteiger partial charge in [-0.05, 0) is 36.4 Å². The molecule has 0 spiro atoms. The van der Waals surface area contributed by atoms with Crippen LogP contribution in [0.4, 0.5) is 0 Å². The van der Waals surface area contributed by atoms with Gasteiger partial charge in [-0.15, -0.1) is 5.10 Å². The quantitative estimate of drug-likeness (QED) is 0.570. The SMILES string of the molecule is O=C=O.Oc1ccccc1-c1nc(-c2ccccc2O)n(-c2ccccc2)n1. The Morgan fingerprint density at radius 2 is 1.21 bits per heavy atom. The van der Waals surface area contributed by atoms with E-state index in [2.05, 4.69) is 10.1 Å².